The van der Waals surface area contributed by atoms with Gasteiger partial charge < -0.3 is 0 Å². The van der Waals surface area contributed by atoms with Crippen molar-refractivity contribution in [2.75, 3.05) is 22.9 Å². The molecule has 2 aromatic rings. The second kappa shape index (κ2) is 4.97. The maximum absolute atomic E-state index is 12.5. The third-order valence-electron chi connectivity index (χ3n) is 3.30. The molecule has 0 aliphatic carbocycles. The minimum Gasteiger partial charge on any atom is -0.290 e. The van der Waals surface area contributed by atoms with E-state index in [1.54, 1.807) is 28.4 Å². The molecule has 3 rings (SSSR count). The summed E-state index contributed by atoms with van der Waals surface area (Å²) < 4.78 is 4.05. The van der Waals surface area contributed by atoms with Gasteiger partial charge in [-0.05, 0) is 29.6 Å². The molecule has 0 bridgehead atoms. The zero-order valence-electron chi connectivity index (χ0n) is 10.6. The molecule has 6 heteroatoms. The predicted octanol–water partition coefficient (Wildman–Crippen LogP) is 2.55. The van der Waals surface area contributed by atoms with Crippen LogP contribution in [0.25, 0.3) is 0 Å². The first kappa shape index (κ1) is 12.1. The summed E-state index contributed by atoms with van der Waals surface area (Å²) >= 11 is 1.36. The fourth-order valence-electron chi connectivity index (χ4n) is 2.29. The van der Waals surface area contributed by atoms with E-state index < -0.39 is 0 Å². The van der Waals surface area contributed by atoms with Crippen LogP contribution in [-0.2, 0) is 6.42 Å². The Kier molecular flexibility index (Phi) is 3.16. The predicted molar refractivity (Wildman–Crippen MR) is 75.8 cm³/mol. The van der Waals surface area contributed by atoms with Crippen molar-refractivity contribution in [1.82, 2.24) is 9.36 Å². The molecule has 0 saturated carbocycles. The highest BCUT2D eigenvalue weighted by Crippen LogP contribution is 2.27. The van der Waals surface area contributed by atoms with Crippen molar-refractivity contribution < 1.29 is 4.79 Å². The maximum atomic E-state index is 12.5. The number of nitrogens with zero attached hydrogens (tertiary/aromatic N) is 4. The van der Waals surface area contributed by atoms with Gasteiger partial charge in [-0.2, -0.15) is 4.37 Å². The monoisotopic (exact) mass is 274 g/mol. The van der Waals surface area contributed by atoms with Gasteiger partial charge in [0.15, 0.2) is 0 Å². The number of hydrogen-bond donors (Lipinski definition) is 0. The normalized spacial score (nSPS) is 15.3. The smallest absolute Gasteiger partial charge is 0.290 e. The molecule has 0 spiro atoms. The Labute approximate surface area is 115 Å². The Morgan fingerprint density at radius 1 is 1.32 bits per heavy atom. The average Bonchev–Trinajstić information content (AvgIpc) is 3.08. The molecule has 19 heavy (non-hydrogen) atoms. The highest BCUT2D eigenvalue weighted by Gasteiger charge is 2.32. The molecule has 0 radical (unpaired) electrons. The van der Waals surface area contributed by atoms with E-state index in [9.17, 15) is 4.79 Å². The Morgan fingerprint density at radius 2 is 2.16 bits per heavy atom. The number of anilines is 2. The van der Waals surface area contributed by atoms with Gasteiger partial charge in [-0.1, -0.05) is 6.92 Å². The quantitative estimate of drug-likeness (QED) is 0.864. The van der Waals surface area contributed by atoms with Crippen molar-refractivity contribution in [1.29, 1.82) is 0 Å². The Morgan fingerprint density at radius 3 is 2.89 bits per heavy atom. The van der Waals surface area contributed by atoms with Crippen molar-refractivity contribution in [2.45, 2.75) is 13.3 Å². The van der Waals surface area contributed by atoms with E-state index in [-0.39, 0.29) is 6.03 Å². The molecule has 0 N–H and O–H groups in total. The first-order valence-corrected chi connectivity index (χ1v) is 7.06. The summed E-state index contributed by atoms with van der Waals surface area (Å²) in [5, 5.41) is 1.89. The number of pyridine rings is 1. The van der Waals surface area contributed by atoms with Gasteiger partial charge in [0.1, 0.15) is 0 Å². The molecule has 2 amide bonds. The number of aryl methyl sites for hydroxylation is 1. The number of urea groups is 1. The summed E-state index contributed by atoms with van der Waals surface area (Å²) in [6, 6.07) is 1.97. The van der Waals surface area contributed by atoms with Gasteiger partial charge in [-0.3, -0.25) is 14.8 Å². The lowest BCUT2D eigenvalue weighted by Gasteiger charge is -2.19. The van der Waals surface area contributed by atoms with E-state index in [0.717, 1.165) is 23.4 Å². The molecule has 0 aromatic carbocycles. The van der Waals surface area contributed by atoms with Crippen LogP contribution >= 0.6 is 11.5 Å². The summed E-state index contributed by atoms with van der Waals surface area (Å²) in [5.41, 5.74) is 2.94. The summed E-state index contributed by atoms with van der Waals surface area (Å²) in [7, 11) is 0. The Balaban J connectivity index is 1.90. The number of rotatable bonds is 3. The van der Waals surface area contributed by atoms with Crippen LogP contribution < -0.4 is 9.80 Å². The van der Waals surface area contributed by atoms with E-state index in [1.165, 1.54) is 11.5 Å². The van der Waals surface area contributed by atoms with E-state index >= 15 is 0 Å². The van der Waals surface area contributed by atoms with Gasteiger partial charge in [-0.25, -0.2) is 4.79 Å². The molecule has 1 aliphatic heterocycles. The van der Waals surface area contributed by atoms with E-state index in [0.29, 0.717) is 13.1 Å². The van der Waals surface area contributed by atoms with Crippen molar-refractivity contribution in [3.05, 3.63) is 35.6 Å². The van der Waals surface area contributed by atoms with Crippen LogP contribution in [0.2, 0.25) is 0 Å². The van der Waals surface area contributed by atoms with Crippen molar-refractivity contribution in [3.8, 4) is 0 Å². The molecular formula is C13H14N4OS. The highest BCUT2D eigenvalue weighted by molar-refractivity contribution is 7.04. The lowest BCUT2D eigenvalue weighted by Crippen LogP contribution is -2.32. The summed E-state index contributed by atoms with van der Waals surface area (Å²) in [6.07, 6.45) is 6.16. The summed E-state index contributed by atoms with van der Waals surface area (Å²) in [4.78, 5) is 20.2. The van der Waals surface area contributed by atoms with Gasteiger partial charge in [-0.15, -0.1) is 0 Å². The van der Waals surface area contributed by atoms with Crippen LogP contribution in [0.5, 0.6) is 0 Å². The second-order valence-electron chi connectivity index (χ2n) is 4.33. The lowest BCUT2D eigenvalue weighted by atomic mass is 10.1. The fraction of sp³-hybridized carbons (Fsp3) is 0.308. The van der Waals surface area contributed by atoms with Crippen LogP contribution in [0.4, 0.5) is 16.2 Å². The standard InChI is InChI=1S/C13H14N4OS/c1-2-10-3-4-14-8-12(10)17-6-5-16(13(17)18)11-7-15-19-9-11/h3-4,7-9H,2,5-6H2,1H3. The second-order valence-corrected chi connectivity index (χ2v) is 4.98. The number of carbonyl (C=O) groups is 1. The molecule has 0 atom stereocenters. The molecule has 3 heterocycles. The Bertz CT molecular complexity index is 584. The largest absolute Gasteiger partial charge is 0.329 e. The average molecular weight is 274 g/mol. The molecule has 5 nitrogen and oxygen atoms in total. The minimum atomic E-state index is 0.00269. The van der Waals surface area contributed by atoms with Crippen LogP contribution in [0.3, 0.4) is 0 Å². The Hall–Kier alpha value is -1.95. The number of carbonyl (C=O) groups excluding carboxylic acids is 1. The van der Waals surface area contributed by atoms with E-state index in [4.69, 9.17) is 0 Å². The van der Waals surface area contributed by atoms with Gasteiger partial charge in [0.25, 0.3) is 0 Å². The highest BCUT2D eigenvalue weighted by atomic mass is 32.1. The van der Waals surface area contributed by atoms with Crippen molar-refractivity contribution >= 4 is 28.9 Å². The molecule has 98 valence electrons. The zero-order valence-corrected chi connectivity index (χ0v) is 11.4. The fourth-order valence-corrected chi connectivity index (χ4v) is 2.82. The molecule has 0 unspecified atom stereocenters. The molecule has 2 aromatic heterocycles. The van der Waals surface area contributed by atoms with E-state index in [2.05, 4.69) is 16.3 Å². The number of aromatic nitrogens is 2. The molecule has 1 fully saturated rings. The maximum Gasteiger partial charge on any atom is 0.329 e. The van der Waals surface area contributed by atoms with Gasteiger partial charge in [0, 0.05) is 24.7 Å². The topological polar surface area (TPSA) is 49.3 Å². The third-order valence-corrected chi connectivity index (χ3v) is 3.87. The van der Waals surface area contributed by atoms with Crippen LogP contribution in [0.1, 0.15) is 12.5 Å². The van der Waals surface area contributed by atoms with Crippen LogP contribution in [0.15, 0.2) is 30.0 Å². The van der Waals surface area contributed by atoms with Gasteiger partial charge >= 0.3 is 6.03 Å². The lowest BCUT2D eigenvalue weighted by molar-refractivity contribution is 0.256. The van der Waals surface area contributed by atoms with Gasteiger partial charge in [0.2, 0.25) is 0 Å². The number of hydrogen-bond acceptors (Lipinski definition) is 4. The molecule has 1 aliphatic rings. The summed E-state index contributed by atoms with van der Waals surface area (Å²) in [6.45, 7) is 3.46. The minimum absolute atomic E-state index is 0.00269. The first-order valence-electron chi connectivity index (χ1n) is 6.22. The zero-order chi connectivity index (χ0) is 13.2. The van der Waals surface area contributed by atoms with Gasteiger partial charge in [0.05, 0.1) is 23.8 Å². The van der Waals surface area contributed by atoms with E-state index in [1.807, 2.05) is 11.4 Å². The van der Waals surface area contributed by atoms with Crippen molar-refractivity contribution in [3.63, 3.8) is 0 Å². The number of amides is 2. The van der Waals surface area contributed by atoms with Crippen LogP contribution in [-0.4, -0.2) is 28.5 Å². The first-order chi connectivity index (χ1) is 9.31. The van der Waals surface area contributed by atoms with Crippen molar-refractivity contribution in [2.24, 2.45) is 0 Å². The van der Waals surface area contributed by atoms with Crippen LogP contribution in [0, 0.1) is 0 Å². The summed E-state index contributed by atoms with van der Waals surface area (Å²) in [5.74, 6) is 0. The molecular weight excluding hydrogens is 260 g/mol. The SMILES string of the molecule is CCc1ccncc1N1CCN(c2cnsc2)C1=O. The third kappa shape index (κ3) is 2.08. The molecule has 1 saturated heterocycles.